The number of hydrogen-bond donors (Lipinski definition) is 3. The first-order valence-electron chi connectivity index (χ1n) is 7.16. The first-order chi connectivity index (χ1) is 10.0. The minimum absolute atomic E-state index is 0.0349. The van der Waals surface area contributed by atoms with Crippen molar-refractivity contribution < 1.29 is 14.6 Å². The summed E-state index contributed by atoms with van der Waals surface area (Å²) in [6.45, 7) is 4.90. The normalized spacial score (nSPS) is 24.5. The van der Waals surface area contributed by atoms with Crippen molar-refractivity contribution in [2.24, 2.45) is 0 Å². The molecule has 0 spiro atoms. The summed E-state index contributed by atoms with van der Waals surface area (Å²) in [5.41, 5.74) is 7.00. The molecule has 0 aliphatic carbocycles. The van der Waals surface area contributed by atoms with Gasteiger partial charge in [0.1, 0.15) is 0 Å². The predicted octanol–water partition coefficient (Wildman–Crippen LogP) is 0.677. The number of nitrogens with one attached hydrogen (secondary N) is 1. The molecule has 2 rings (SSSR count). The van der Waals surface area contributed by atoms with Gasteiger partial charge < -0.3 is 20.9 Å². The van der Waals surface area contributed by atoms with Crippen LogP contribution < -0.4 is 11.1 Å². The Kier molecular flexibility index (Phi) is 5.17. The Morgan fingerprint density at radius 2 is 2.38 bits per heavy atom. The molecule has 0 radical (unpaired) electrons. The number of ether oxygens (including phenoxy) is 1. The number of carbonyl (C=O) groups excluding carboxylic acids is 1. The summed E-state index contributed by atoms with van der Waals surface area (Å²) < 4.78 is 5.49. The topological polar surface area (TPSA) is 87.8 Å². The maximum atomic E-state index is 12.4. The lowest BCUT2D eigenvalue weighted by Crippen LogP contribution is -2.56. The molecule has 21 heavy (non-hydrogen) atoms. The number of aliphatic hydroxyl groups is 1. The van der Waals surface area contributed by atoms with E-state index in [4.69, 9.17) is 10.5 Å². The largest absolute Gasteiger partial charge is 0.399 e. The molecule has 4 N–H and O–H groups in total. The molecule has 1 heterocycles. The van der Waals surface area contributed by atoms with Gasteiger partial charge in [0, 0.05) is 24.0 Å². The third-order valence-corrected chi connectivity index (χ3v) is 3.79. The fourth-order valence-electron chi connectivity index (χ4n) is 2.50. The number of nitrogens with zero attached hydrogens (tertiary/aromatic N) is 1. The molecule has 1 aromatic rings. The first kappa shape index (κ1) is 15.8. The molecule has 0 bridgehead atoms. The number of nitrogens with two attached hydrogens (primary N) is 1. The minimum atomic E-state index is -0.306. The first-order valence-corrected chi connectivity index (χ1v) is 7.16. The fourth-order valence-corrected chi connectivity index (χ4v) is 2.50. The second kappa shape index (κ2) is 6.89. The third-order valence-electron chi connectivity index (χ3n) is 3.79. The molecule has 1 aromatic carbocycles. The summed E-state index contributed by atoms with van der Waals surface area (Å²) in [5, 5.41) is 12.1. The molecule has 1 aliphatic heterocycles. The van der Waals surface area contributed by atoms with Crippen molar-refractivity contribution in [3.05, 3.63) is 24.3 Å². The van der Waals surface area contributed by atoms with Crippen molar-refractivity contribution in [2.45, 2.75) is 32.0 Å². The summed E-state index contributed by atoms with van der Waals surface area (Å²) in [6, 6.07) is 6.93. The van der Waals surface area contributed by atoms with Crippen LogP contribution in [0.1, 0.15) is 13.8 Å². The fraction of sp³-hybridized carbons (Fsp3) is 0.533. The lowest BCUT2D eigenvalue weighted by atomic mass is 10.1. The number of benzene rings is 1. The van der Waals surface area contributed by atoms with E-state index in [0.717, 1.165) is 0 Å². The second-order valence-corrected chi connectivity index (χ2v) is 5.47. The van der Waals surface area contributed by atoms with E-state index >= 15 is 0 Å². The summed E-state index contributed by atoms with van der Waals surface area (Å²) >= 11 is 0. The maximum Gasteiger partial charge on any atom is 0.241 e. The Morgan fingerprint density at radius 1 is 1.62 bits per heavy atom. The molecule has 1 saturated heterocycles. The summed E-state index contributed by atoms with van der Waals surface area (Å²) in [7, 11) is 0. The summed E-state index contributed by atoms with van der Waals surface area (Å²) in [4.78, 5) is 14.4. The van der Waals surface area contributed by atoms with E-state index in [2.05, 4.69) is 5.32 Å². The van der Waals surface area contributed by atoms with E-state index in [-0.39, 0.29) is 30.7 Å². The molecule has 0 aromatic heterocycles. The summed E-state index contributed by atoms with van der Waals surface area (Å²) in [5.74, 6) is -0.0916. The predicted molar refractivity (Wildman–Crippen MR) is 81.9 cm³/mol. The quantitative estimate of drug-likeness (QED) is 0.711. The number of nitrogen functional groups attached to an aromatic ring is 1. The Labute approximate surface area is 124 Å². The molecular formula is C15H23N3O3. The lowest BCUT2D eigenvalue weighted by molar-refractivity contribution is -0.129. The van der Waals surface area contributed by atoms with Crippen molar-refractivity contribution in [1.29, 1.82) is 0 Å². The van der Waals surface area contributed by atoms with Crippen LogP contribution >= 0.6 is 0 Å². The van der Waals surface area contributed by atoms with Gasteiger partial charge in [-0.15, -0.1) is 0 Å². The van der Waals surface area contributed by atoms with Gasteiger partial charge >= 0.3 is 0 Å². The van der Waals surface area contributed by atoms with Crippen molar-refractivity contribution in [1.82, 2.24) is 4.90 Å². The number of aliphatic hydroxyl groups excluding tert-OH is 1. The highest BCUT2D eigenvalue weighted by molar-refractivity contribution is 5.94. The molecule has 1 aliphatic rings. The molecule has 3 unspecified atom stereocenters. The van der Waals surface area contributed by atoms with Crippen LogP contribution in [-0.4, -0.2) is 53.9 Å². The van der Waals surface area contributed by atoms with Crippen molar-refractivity contribution in [2.75, 3.05) is 30.8 Å². The Hall–Kier alpha value is -1.63. The van der Waals surface area contributed by atoms with Gasteiger partial charge in [-0.2, -0.15) is 0 Å². The van der Waals surface area contributed by atoms with E-state index in [9.17, 15) is 9.90 Å². The average molecular weight is 293 g/mol. The van der Waals surface area contributed by atoms with Crippen molar-refractivity contribution in [3.63, 3.8) is 0 Å². The monoisotopic (exact) mass is 293 g/mol. The Balaban J connectivity index is 2.00. The van der Waals surface area contributed by atoms with Crippen LogP contribution in [-0.2, 0) is 9.53 Å². The number of morpholine rings is 1. The molecule has 1 fully saturated rings. The van der Waals surface area contributed by atoms with Gasteiger partial charge in [-0.05, 0) is 32.0 Å². The third kappa shape index (κ3) is 3.93. The standard InChI is InChI=1S/C15H23N3O3/c1-10-9-21-14(8-19)7-18(10)11(2)15(20)17-13-5-3-4-12(16)6-13/h3-6,10-11,14,19H,7-9,16H2,1-2H3,(H,17,20). The van der Waals surface area contributed by atoms with Crippen LogP contribution in [0.3, 0.4) is 0 Å². The van der Waals surface area contributed by atoms with Crippen LogP contribution in [0.25, 0.3) is 0 Å². The van der Waals surface area contributed by atoms with Crippen molar-refractivity contribution >= 4 is 17.3 Å². The van der Waals surface area contributed by atoms with E-state index in [1.807, 2.05) is 18.7 Å². The molecule has 116 valence electrons. The highest BCUT2D eigenvalue weighted by Gasteiger charge is 2.32. The zero-order valence-electron chi connectivity index (χ0n) is 12.5. The SMILES string of the molecule is CC1COC(CO)CN1C(C)C(=O)Nc1cccc(N)c1. The van der Waals surface area contributed by atoms with Gasteiger partial charge in [0.2, 0.25) is 5.91 Å². The zero-order valence-corrected chi connectivity index (χ0v) is 12.5. The molecule has 6 nitrogen and oxygen atoms in total. The van der Waals surface area contributed by atoms with Gasteiger partial charge in [-0.25, -0.2) is 0 Å². The van der Waals surface area contributed by atoms with Crippen LogP contribution in [0.4, 0.5) is 11.4 Å². The minimum Gasteiger partial charge on any atom is -0.399 e. The smallest absolute Gasteiger partial charge is 0.241 e. The lowest BCUT2D eigenvalue weighted by Gasteiger charge is -2.40. The highest BCUT2D eigenvalue weighted by Crippen LogP contribution is 2.17. The molecule has 0 saturated carbocycles. The van der Waals surface area contributed by atoms with Crippen molar-refractivity contribution in [3.8, 4) is 0 Å². The molecule has 3 atom stereocenters. The van der Waals surface area contributed by atoms with Gasteiger partial charge in [0.25, 0.3) is 0 Å². The molecule has 6 heteroatoms. The van der Waals surface area contributed by atoms with E-state index in [0.29, 0.717) is 24.5 Å². The second-order valence-electron chi connectivity index (χ2n) is 5.47. The molecular weight excluding hydrogens is 270 g/mol. The summed E-state index contributed by atoms with van der Waals surface area (Å²) in [6.07, 6.45) is -0.233. The molecule has 1 amide bonds. The highest BCUT2D eigenvalue weighted by atomic mass is 16.5. The number of rotatable bonds is 4. The number of anilines is 2. The average Bonchev–Trinajstić information content (AvgIpc) is 2.47. The van der Waals surface area contributed by atoms with Crippen LogP contribution in [0.5, 0.6) is 0 Å². The zero-order chi connectivity index (χ0) is 15.4. The van der Waals surface area contributed by atoms with Gasteiger partial charge in [-0.3, -0.25) is 9.69 Å². The van der Waals surface area contributed by atoms with E-state index in [1.54, 1.807) is 24.3 Å². The van der Waals surface area contributed by atoms with Crippen LogP contribution in [0.2, 0.25) is 0 Å². The maximum absolute atomic E-state index is 12.4. The number of hydrogen-bond acceptors (Lipinski definition) is 5. The van der Waals surface area contributed by atoms with Gasteiger partial charge in [0.05, 0.1) is 25.4 Å². The van der Waals surface area contributed by atoms with E-state index in [1.165, 1.54) is 0 Å². The Bertz CT molecular complexity index is 495. The van der Waals surface area contributed by atoms with Crippen LogP contribution in [0, 0.1) is 0 Å². The number of carbonyl (C=O) groups is 1. The Morgan fingerprint density at radius 3 is 3.05 bits per heavy atom. The number of amides is 1. The van der Waals surface area contributed by atoms with Crippen LogP contribution in [0.15, 0.2) is 24.3 Å². The van der Waals surface area contributed by atoms with Gasteiger partial charge in [-0.1, -0.05) is 6.07 Å². The van der Waals surface area contributed by atoms with Gasteiger partial charge in [0.15, 0.2) is 0 Å². The van der Waals surface area contributed by atoms with E-state index < -0.39 is 0 Å².